The number of hydrogen-bond acceptors (Lipinski definition) is 6. The summed E-state index contributed by atoms with van der Waals surface area (Å²) in [6.45, 7) is 7.09. The fraction of sp³-hybridized carbons (Fsp3) is 0.850. The molecule has 2 aliphatic carbocycles. The van der Waals surface area contributed by atoms with Crippen LogP contribution in [-0.4, -0.2) is 40.6 Å². The average Bonchev–Trinajstić information content (AvgIpc) is 3.07. The van der Waals surface area contributed by atoms with Gasteiger partial charge in [0.25, 0.3) is 0 Å². The molecule has 2 N–H and O–H groups in total. The van der Waals surface area contributed by atoms with Gasteiger partial charge in [-0.05, 0) is 50.4 Å². The molecule has 0 aromatic carbocycles. The van der Waals surface area contributed by atoms with E-state index in [1.54, 1.807) is 4.90 Å². The van der Waals surface area contributed by atoms with Crippen LogP contribution < -0.4 is 5.73 Å². The largest absolute Gasteiger partial charge is 0.370 e. The Bertz CT molecular complexity index is 625. The Balaban J connectivity index is 0.00000280. The van der Waals surface area contributed by atoms with Crippen molar-refractivity contribution in [1.29, 1.82) is 0 Å². The van der Waals surface area contributed by atoms with E-state index in [0.717, 1.165) is 25.7 Å². The molecule has 1 aromatic heterocycles. The molecule has 3 unspecified atom stereocenters. The van der Waals surface area contributed by atoms with Gasteiger partial charge < -0.3 is 19.9 Å². The number of amides is 1. The van der Waals surface area contributed by atoms with Crippen molar-refractivity contribution >= 4 is 18.3 Å². The third-order valence-electron chi connectivity index (χ3n) is 6.04. The van der Waals surface area contributed by atoms with Crippen molar-refractivity contribution in [1.82, 2.24) is 15.0 Å². The van der Waals surface area contributed by atoms with Gasteiger partial charge in [-0.25, -0.2) is 0 Å². The molecule has 2 saturated carbocycles. The van der Waals surface area contributed by atoms with Crippen molar-refractivity contribution in [2.75, 3.05) is 13.7 Å². The van der Waals surface area contributed by atoms with Gasteiger partial charge in [-0.1, -0.05) is 25.4 Å². The first kappa shape index (κ1) is 23.1. The van der Waals surface area contributed by atoms with E-state index >= 15 is 0 Å². The first-order valence-corrected chi connectivity index (χ1v) is 10.3. The molecule has 0 aliphatic heterocycles. The van der Waals surface area contributed by atoms with E-state index in [9.17, 15) is 4.79 Å². The second kappa shape index (κ2) is 10.0. The summed E-state index contributed by atoms with van der Waals surface area (Å²) >= 11 is 0. The number of nitrogens with zero attached hydrogens (tertiary/aromatic N) is 3. The molecule has 1 aromatic rings. The van der Waals surface area contributed by atoms with Gasteiger partial charge in [-0.3, -0.25) is 4.79 Å². The Labute approximate surface area is 174 Å². The highest BCUT2D eigenvalue weighted by molar-refractivity contribution is 5.85. The molecule has 28 heavy (non-hydrogen) atoms. The third kappa shape index (κ3) is 5.45. The van der Waals surface area contributed by atoms with E-state index in [-0.39, 0.29) is 36.4 Å². The van der Waals surface area contributed by atoms with Crippen molar-refractivity contribution in [3.8, 4) is 0 Å². The first-order valence-electron chi connectivity index (χ1n) is 10.3. The van der Waals surface area contributed by atoms with Crippen LogP contribution in [0.1, 0.15) is 70.7 Å². The lowest BCUT2D eigenvalue weighted by atomic mass is 9.65. The lowest BCUT2D eigenvalue weighted by molar-refractivity contribution is -0.138. The minimum Gasteiger partial charge on any atom is -0.370 e. The summed E-state index contributed by atoms with van der Waals surface area (Å²) in [6, 6.07) is 0.277. The zero-order valence-corrected chi connectivity index (χ0v) is 18.3. The maximum absolute atomic E-state index is 12.9. The van der Waals surface area contributed by atoms with Crippen LogP contribution in [0.3, 0.4) is 0 Å². The number of fused-ring (bicyclic) bond motifs is 2. The predicted octanol–water partition coefficient (Wildman–Crippen LogP) is 3.34. The van der Waals surface area contributed by atoms with Crippen LogP contribution in [-0.2, 0) is 16.1 Å². The van der Waals surface area contributed by atoms with Gasteiger partial charge in [0, 0.05) is 25.6 Å². The molecule has 2 aliphatic rings. The van der Waals surface area contributed by atoms with Gasteiger partial charge in [-0.2, -0.15) is 4.98 Å². The van der Waals surface area contributed by atoms with Crippen LogP contribution in [0.5, 0.6) is 0 Å². The lowest BCUT2D eigenvalue weighted by Crippen LogP contribution is -2.49. The Morgan fingerprint density at radius 2 is 1.93 bits per heavy atom. The SMILES string of the molecule is CC(C)COC(C)c1noc(CN(C)C(=O)C2CC3CCCC(C2)C3N)n1.Cl. The number of hydrogen-bond donors (Lipinski definition) is 1. The summed E-state index contributed by atoms with van der Waals surface area (Å²) in [4.78, 5) is 19.1. The number of ether oxygens (including phenoxy) is 1. The number of aromatic nitrogens is 2. The van der Waals surface area contributed by atoms with Crippen LogP contribution in [0.25, 0.3) is 0 Å². The summed E-state index contributed by atoms with van der Waals surface area (Å²) in [6.07, 6.45) is 5.18. The second-order valence-corrected chi connectivity index (χ2v) is 8.81. The Hall–Kier alpha value is -1.18. The van der Waals surface area contributed by atoms with Crippen molar-refractivity contribution in [2.24, 2.45) is 29.4 Å². The lowest BCUT2D eigenvalue weighted by Gasteiger charge is -2.44. The van der Waals surface area contributed by atoms with Gasteiger partial charge in [0.1, 0.15) is 6.10 Å². The molecule has 160 valence electrons. The maximum Gasteiger partial charge on any atom is 0.246 e. The summed E-state index contributed by atoms with van der Waals surface area (Å²) < 4.78 is 11.1. The summed E-state index contributed by atoms with van der Waals surface area (Å²) in [5.74, 6) is 2.66. The minimum atomic E-state index is -0.217. The van der Waals surface area contributed by atoms with E-state index in [0.29, 0.717) is 42.6 Å². The summed E-state index contributed by atoms with van der Waals surface area (Å²) in [5.41, 5.74) is 6.35. The summed E-state index contributed by atoms with van der Waals surface area (Å²) in [7, 11) is 1.81. The van der Waals surface area contributed by atoms with E-state index in [4.69, 9.17) is 15.0 Å². The van der Waals surface area contributed by atoms with Crippen LogP contribution >= 0.6 is 12.4 Å². The molecule has 7 nitrogen and oxygen atoms in total. The predicted molar refractivity (Wildman–Crippen MR) is 109 cm³/mol. The molecule has 2 fully saturated rings. The zero-order valence-electron chi connectivity index (χ0n) is 17.5. The maximum atomic E-state index is 12.9. The molecule has 0 radical (unpaired) electrons. The van der Waals surface area contributed by atoms with Crippen LogP contribution in [0.15, 0.2) is 4.52 Å². The molecule has 3 rings (SSSR count). The molecule has 1 heterocycles. The fourth-order valence-corrected chi connectivity index (χ4v) is 4.49. The van der Waals surface area contributed by atoms with Crippen molar-refractivity contribution < 1.29 is 14.1 Å². The summed E-state index contributed by atoms with van der Waals surface area (Å²) in [5, 5.41) is 4.01. The van der Waals surface area contributed by atoms with Gasteiger partial charge in [0.15, 0.2) is 5.82 Å². The molecule has 0 spiro atoms. The normalized spacial score (nSPS) is 27.9. The third-order valence-corrected chi connectivity index (χ3v) is 6.04. The topological polar surface area (TPSA) is 94.5 Å². The molecule has 2 bridgehead atoms. The van der Waals surface area contributed by atoms with E-state index in [1.165, 1.54) is 6.42 Å². The second-order valence-electron chi connectivity index (χ2n) is 8.81. The monoisotopic (exact) mass is 414 g/mol. The van der Waals surface area contributed by atoms with Crippen molar-refractivity contribution in [2.45, 2.75) is 71.6 Å². The quantitative estimate of drug-likeness (QED) is 0.735. The Morgan fingerprint density at radius 3 is 2.54 bits per heavy atom. The standard InChI is InChI=1S/C20H34N4O3.ClH/c1-12(2)11-26-13(3)19-22-17(27-23-19)10-24(4)20(25)16-8-14-6-5-7-15(9-16)18(14)21;/h12-16,18H,5-11,21H2,1-4H3;1H. The molecule has 1 amide bonds. The van der Waals surface area contributed by atoms with Crippen LogP contribution in [0.2, 0.25) is 0 Å². The molecular formula is C20H35ClN4O3. The van der Waals surface area contributed by atoms with Crippen molar-refractivity contribution in [3.63, 3.8) is 0 Å². The van der Waals surface area contributed by atoms with E-state index in [2.05, 4.69) is 24.0 Å². The van der Waals surface area contributed by atoms with E-state index in [1.807, 2.05) is 14.0 Å². The molecule has 3 atom stereocenters. The number of carbonyl (C=O) groups excluding carboxylic acids is 1. The molecule has 8 heteroatoms. The number of halogens is 1. The fourth-order valence-electron chi connectivity index (χ4n) is 4.49. The van der Waals surface area contributed by atoms with Gasteiger partial charge in [0.05, 0.1) is 6.54 Å². The Kier molecular flexibility index (Phi) is 8.28. The highest BCUT2D eigenvalue weighted by Crippen LogP contribution is 2.42. The van der Waals surface area contributed by atoms with Crippen LogP contribution in [0, 0.1) is 23.7 Å². The number of carbonyl (C=O) groups is 1. The smallest absolute Gasteiger partial charge is 0.246 e. The van der Waals surface area contributed by atoms with Gasteiger partial charge in [0.2, 0.25) is 11.8 Å². The molecular weight excluding hydrogens is 380 g/mol. The minimum absolute atomic E-state index is 0. The van der Waals surface area contributed by atoms with Gasteiger partial charge in [-0.15, -0.1) is 12.4 Å². The number of rotatable bonds is 7. The highest BCUT2D eigenvalue weighted by atomic mass is 35.5. The number of nitrogens with two attached hydrogens (primary N) is 1. The van der Waals surface area contributed by atoms with Crippen molar-refractivity contribution in [3.05, 3.63) is 11.7 Å². The van der Waals surface area contributed by atoms with E-state index < -0.39 is 0 Å². The highest BCUT2D eigenvalue weighted by Gasteiger charge is 2.41. The van der Waals surface area contributed by atoms with Crippen LogP contribution in [0.4, 0.5) is 0 Å². The van der Waals surface area contributed by atoms with Gasteiger partial charge >= 0.3 is 0 Å². The molecule has 0 saturated heterocycles. The Morgan fingerprint density at radius 1 is 1.29 bits per heavy atom. The average molecular weight is 415 g/mol. The zero-order chi connectivity index (χ0) is 19.6. The first-order chi connectivity index (χ1) is 12.8.